The van der Waals surface area contributed by atoms with Crippen molar-refractivity contribution in [3.05, 3.63) is 11.6 Å². The summed E-state index contributed by atoms with van der Waals surface area (Å²) in [7, 11) is 0. The lowest BCUT2D eigenvalue weighted by Crippen LogP contribution is -2.59. The predicted molar refractivity (Wildman–Crippen MR) is 109 cm³/mol. The third-order valence-electron chi connectivity index (χ3n) is 9.49. The molecule has 0 aromatic rings. The van der Waals surface area contributed by atoms with Crippen LogP contribution in [0.4, 0.5) is 0 Å². The number of carbonyl (C=O) groups excluding carboxylic acids is 2. The van der Waals surface area contributed by atoms with Crippen LogP contribution in [0.25, 0.3) is 0 Å². The average molecular weight is 405 g/mol. The SMILES string of the molecule is CC(=O)OCC(=O)[C@@]1(O)[C@H](C)CC2[C@@H]3CC=C4C[C@@H](O)CC[C@]4(C)C3CC[C@@]21C. The van der Waals surface area contributed by atoms with Crippen molar-refractivity contribution in [2.75, 3.05) is 6.61 Å². The minimum Gasteiger partial charge on any atom is -0.458 e. The summed E-state index contributed by atoms with van der Waals surface area (Å²) in [5, 5.41) is 21.9. The van der Waals surface area contributed by atoms with Gasteiger partial charge in [-0.05, 0) is 74.0 Å². The van der Waals surface area contributed by atoms with Crippen molar-refractivity contribution in [2.45, 2.75) is 84.3 Å². The fraction of sp³-hybridized carbons (Fsp3) is 0.833. The summed E-state index contributed by atoms with van der Waals surface area (Å²) in [6, 6.07) is 0. The molecule has 2 N–H and O–H groups in total. The normalized spacial score (nSPS) is 48.8. The minimum absolute atomic E-state index is 0.134. The Bertz CT molecular complexity index is 744. The molecule has 4 aliphatic carbocycles. The average Bonchev–Trinajstić information content (AvgIpc) is 2.88. The zero-order valence-electron chi connectivity index (χ0n) is 18.2. The lowest BCUT2D eigenvalue weighted by Gasteiger charge is -2.58. The van der Waals surface area contributed by atoms with Crippen molar-refractivity contribution in [2.24, 2.45) is 34.5 Å². The molecule has 8 atom stereocenters. The van der Waals surface area contributed by atoms with Crippen molar-refractivity contribution in [3.8, 4) is 0 Å². The molecule has 0 amide bonds. The van der Waals surface area contributed by atoms with Crippen molar-refractivity contribution in [1.29, 1.82) is 0 Å². The molecule has 162 valence electrons. The number of rotatable bonds is 3. The van der Waals surface area contributed by atoms with Crippen LogP contribution >= 0.6 is 0 Å². The number of aliphatic hydroxyl groups is 2. The van der Waals surface area contributed by atoms with Crippen LogP contribution in [-0.2, 0) is 14.3 Å². The van der Waals surface area contributed by atoms with E-state index in [2.05, 4.69) is 19.9 Å². The first-order valence-electron chi connectivity index (χ1n) is 11.3. The highest BCUT2D eigenvalue weighted by atomic mass is 16.5. The molecule has 0 aromatic heterocycles. The minimum atomic E-state index is -1.44. The smallest absolute Gasteiger partial charge is 0.303 e. The van der Waals surface area contributed by atoms with Crippen LogP contribution in [0.2, 0.25) is 0 Å². The Kier molecular flexibility index (Phi) is 5.02. The molecule has 29 heavy (non-hydrogen) atoms. The second kappa shape index (κ2) is 6.91. The first kappa shape index (κ1) is 21.0. The number of fused-ring (bicyclic) bond motifs is 5. The van der Waals surface area contributed by atoms with Crippen LogP contribution in [-0.4, -0.2) is 40.3 Å². The fourth-order valence-electron chi connectivity index (χ4n) is 7.85. The highest BCUT2D eigenvalue weighted by Crippen LogP contribution is 2.68. The fourth-order valence-corrected chi connectivity index (χ4v) is 7.85. The van der Waals surface area contributed by atoms with Gasteiger partial charge in [-0.2, -0.15) is 0 Å². The summed E-state index contributed by atoms with van der Waals surface area (Å²) in [6.07, 6.45) is 8.45. The molecule has 5 nitrogen and oxygen atoms in total. The number of allylic oxidation sites excluding steroid dienone is 1. The first-order chi connectivity index (χ1) is 13.5. The Morgan fingerprint density at radius 2 is 1.93 bits per heavy atom. The van der Waals surface area contributed by atoms with Gasteiger partial charge in [0, 0.05) is 12.3 Å². The Morgan fingerprint density at radius 1 is 1.21 bits per heavy atom. The summed E-state index contributed by atoms with van der Waals surface area (Å²) in [5.74, 6) is 0.301. The molecule has 0 aliphatic heterocycles. The van der Waals surface area contributed by atoms with Crippen LogP contribution < -0.4 is 0 Å². The molecule has 0 bridgehead atoms. The molecule has 3 fully saturated rings. The largest absolute Gasteiger partial charge is 0.458 e. The first-order valence-corrected chi connectivity index (χ1v) is 11.3. The molecule has 0 aromatic carbocycles. The number of esters is 1. The molecule has 5 heteroatoms. The zero-order valence-corrected chi connectivity index (χ0v) is 18.2. The Morgan fingerprint density at radius 3 is 2.62 bits per heavy atom. The number of carbonyl (C=O) groups is 2. The van der Waals surface area contributed by atoms with E-state index in [-0.39, 0.29) is 35.7 Å². The Hall–Kier alpha value is -1.20. The number of Topliss-reactive ketones (excluding diaryl/α,β-unsaturated/α-hetero) is 1. The summed E-state index contributed by atoms with van der Waals surface area (Å²) in [5.41, 5.74) is -0.366. The van der Waals surface area contributed by atoms with Crippen LogP contribution in [0, 0.1) is 34.5 Å². The molecular formula is C24H36O5. The van der Waals surface area contributed by atoms with Gasteiger partial charge >= 0.3 is 5.97 Å². The van der Waals surface area contributed by atoms with Gasteiger partial charge in [0.2, 0.25) is 5.78 Å². The van der Waals surface area contributed by atoms with E-state index in [1.54, 1.807) is 0 Å². The molecule has 0 saturated heterocycles. The Labute approximate surface area is 173 Å². The number of hydrogen-bond acceptors (Lipinski definition) is 5. The van der Waals surface area contributed by atoms with Gasteiger partial charge in [-0.15, -0.1) is 0 Å². The van der Waals surface area contributed by atoms with Gasteiger partial charge < -0.3 is 14.9 Å². The van der Waals surface area contributed by atoms with E-state index < -0.39 is 17.0 Å². The number of ketones is 1. The molecular weight excluding hydrogens is 368 g/mol. The molecule has 3 saturated carbocycles. The number of aliphatic hydroxyl groups excluding tert-OH is 1. The maximum Gasteiger partial charge on any atom is 0.303 e. The second-order valence-corrected chi connectivity index (χ2v) is 10.7. The molecule has 0 radical (unpaired) electrons. The summed E-state index contributed by atoms with van der Waals surface area (Å²) in [6.45, 7) is 7.40. The molecule has 4 rings (SSSR count). The summed E-state index contributed by atoms with van der Waals surface area (Å²) in [4.78, 5) is 24.3. The van der Waals surface area contributed by atoms with E-state index in [1.165, 1.54) is 12.5 Å². The molecule has 0 heterocycles. The van der Waals surface area contributed by atoms with Crippen LogP contribution in [0.5, 0.6) is 0 Å². The van der Waals surface area contributed by atoms with Gasteiger partial charge in [0.05, 0.1) is 6.10 Å². The summed E-state index contributed by atoms with van der Waals surface area (Å²) < 4.78 is 4.98. The number of ether oxygens (including phenoxy) is 1. The van der Waals surface area contributed by atoms with E-state index in [1.807, 2.05) is 6.92 Å². The maximum absolute atomic E-state index is 13.1. The predicted octanol–water partition coefficient (Wildman–Crippen LogP) is 3.42. The summed E-state index contributed by atoms with van der Waals surface area (Å²) >= 11 is 0. The van der Waals surface area contributed by atoms with Crippen molar-refractivity contribution >= 4 is 11.8 Å². The van der Waals surface area contributed by atoms with E-state index in [4.69, 9.17) is 4.74 Å². The van der Waals surface area contributed by atoms with Gasteiger partial charge in [0.1, 0.15) is 5.60 Å². The highest BCUT2D eigenvalue weighted by molar-refractivity contribution is 5.91. The van der Waals surface area contributed by atoms with Gasteiger partial charge in [0.15, 0.2) is 6.61 Å². The van der Waals surface area contributed by atoms with Gasteiger partial charge in [-0.3, -0.25) is 9.59 Å². The van der Waals surface area contributed by atoms with Crippen molar-refractivity contribution in [1.82, 2.24) is 0 Å². The highest BCUT2D eigenvalue weighted by Gasteiger charge is 2.68. The van der Waals surface area contributed by atoms with Crippen LogP contribution in [0.1, 0.15) is 72.6 Å². The van der Waals surface area contributed by atoms with E-state index in [9.17, 15) is 19.8 Å². The molecule has 4 aliphatic rings. The van der Waals surface area contributed by atoms with Crippen LogP contribution in [0.15, 0.2) is 11.6 Å². The quantitative estimate of drug-likeness (QED) is 0.556. The van der Waals surface area contributed by atoms with Crippen LogP contribution in [0.3, 0.4) is 0 Å². The van der Waals surface area contributed by atoms with E-state index in [0.29, 0.717) is 11.8 Å². The molecule has 2 unspecified atom stereocenters. The van der Waals surface area contributed by atoms with E-state index in [0.717, 1.165) is 44.9 Å². The third kappa shape index (κ3) is 2.87. The monoisotopic (exact) mass is 404 g/mol. The van der Waals surface area contributed by atoms with Gasteiger partial charge in [-0.25, -0.2) is 0 Å². The van der Waals surface area contributed by atoms with Gasteiger partial charge in [-0.1, -0.05) is 32.4 Å². The maximum atomic E-state index is 13.1. The Balaban J connectivity index is 1.64. The van der Waals surface area contributed by atoms with E-state index >= 15 is 0 Å². The van der Waals surface area contributed by atoms with Gasteiger partial charge in [0.25, 0.3) is 0 Å². The standard InChI is InChI=1S/C24H36O5/c1-14-11-20-18-6-5-16-12-17(26)7-9-22(16,3)19(18)8-10-23(20,4)24(14,28)21(27)13-29-15(2)25/h5,14,17-20,26,28H,6-13H2,1-4H3/t14-,17+,18-,19?,20?,22+,23+,24+/m1/s1. The number of hydrogen-bond donors (Lipinski definition) is 2. The topological polar surface area (TPSA) is 83.8 Å². The lowest BCUT2D eigenvalue weighted by molar-refractivity contribution is -0.173. The van der Waals surface area contributed by atoms with Crippen molar-refractivity contribution in [3.63, 3.8) is 0 Å². The zero-order chi connectivity index (χ0) is 21.2. The second-order valence-electron chi connectivity index (χ2n) is 10.7. The lowest BCUT2D eigenvalue weighted by atomic mass is 9.46. The third-order valence-corrected chi connectivity index (χ3v) is 9.49. The molecule has 0 spiro atoms. The van der Waals surface area contributed by atoms with Crippen molar-refractivity contribution < 1.29 is 24.5 Å².